The molecule has 1 aromatic heterocycles. The van der Waals surface area contributed by atoms with Crippen LogP contribution in [0.2, 0.25) is 0 Å². The van der Waals surface area contributed by atoms with E-state index in [9.17, 15) is 0 Å². The van der Waals surface area contributed by atoms with E-state index in [2.05, 4.69) is 62.4 Å². The zero-order chi connectivity index (χ0) is 20.9. The molecule has 0 radical (unpaired) electrons. The summed E-state index contributed by atoms with van der Waals surface area (Å²) >= 11 is 0. The smallest absolute Gasteiger partial charge is 0.231 e. The molecule has 1 unspecified atom stereocenters. The lowest BCUT2D eigenvalue weighted by molar-refractivity contribution is 0.174. The van der Waals surface area contributed by atoms with Crippen molar-refractivity contribution in [2.75, 3.05) is 25.2 Å². The van der Waals surface area contributed by atoms with Crippen LogP contribution in [0.25, 0.3) is 0 Å². The standard InChI is InChI=1S/C25H24N4O2/c1-2-23(28-22-9-10-24-25(12-22)31-18-30-24)16-29(11-1)15-20-6-3-19(4-7-20)5-8-21-13-26-17-27-14-21/h3-4,6-7,9-10,12-14,17,23,28H,1-2,11,15-16,18H2. The Hall–Kier alpha value is -3.56. The molecule has 1 saturated heterocycles. The molecule has 0 aliphatic carbocycles. The van der Waals surface area contributed by atoms with Gasteiger partial charge in [0.05, 0.1) is 5.56 Å². The number of anilines is 1. The van der Waals surface area contributed by atoms with Crippen molar-refractivity contribution in [2.24, 2.45) is 0 Å². The third-order valence-electron chi connectivity index (χ3n) is 5.52. The van der Waals surface area contributed by atoms with E-state index >= 15 is 0 Å². The van der Waals surface area contributed by atoms with E-state index < -0.39 is 0 Å². The van der Waals surface area contributed by atoms with Gasteiger partial charge in [-0.15, -0.1) is 0 Å². The quantitative estimate of drug-likeness (QED) is 0.660. The highest BCUT2D eigenvalue weighted by Gasteiger charge is 2.21. The maximum atomic E-state index is 5.49. The van der Waals surface area contributed by atoms with Gasteiger partial charge < -0.3 is 14.8 Å². The summed E-state index contributed by atoms with van der Waals surface area (Å²) in [7, 11) is 0. The van der Waals surface area contributed by atoms with Gasteiger partial charge in [-0.1, -0.05) is 24.0 Å². The van der Waals surface area contributed by atoms with E-state index in [0.29, 0.717) is 12.8 Å². The first-order valence-electron chi connectivity index (χ1n) is 10.6. The van der Waals surface area contributed by atoms with Gasteiger partial charge >= 0.3 is 0 Å². The first-order valence-corrected chi connectivity index (χ1v) is 10.6. The van der Waals surface area contributed by atoms with Crippen LogP contribution in [0.5, 0.6) is 11.5 Å². The molecular formula is C25H24N4O2. The Labute approximate surface area is 182 Å². The average Bonchev–Trinajstić information content (AvgIpc) is 3.28. The lowest BCUT2D eigenvalue weighted by atomic mass is 10.0. The van der Waals surface area contributed by atoms with Crippen molar-refractivity contribution in [2.45, 2.75) is 25.4 Å². The van der Waals surface area contributed by atoms with Gasteiger partial charge in [-0.25, -0.2) is 9.97 Å². The molecule has 31 heavy (non-hydrogen) atoms. The van der Waals surface area contributed by atoms with Crippen LogP contribution >= 0.6 is 0 Å². The minimum absolute atomic E-state index is 0.307. The summed E-state index contributed by atoms with van der Waals surface area (Å²) in [6.07, 6.45) is 7.31. The molecule has 1 N–H and O–H groups in total. The summed E-state index contributed by atoms with van der Waals surface area (Å²) in [5, 5.41) is 3.66. The van der Waals surface area contributed by atoms with Crippen molar-refractivity contribution in [1.82, 2.24) is 14.9 Å². The fraction of sp³-hybridized carbons (Fsp3) is 0.280. The third-order valence-corrected chi connectivity index (χ3v) is 5.52. The highest BCUT2D eigenvalue weighted by molar-refractivity contribution is 5.56. The zero-order valence-electron chi connectivity index (χ0n) is 17.3. The first-order chi connectivity index (χ1) is 15.3. The van der Waals surface area contributed by atoms with Crippen LogP contribution in [0, 0.1) is 11.8 Å². The van der Waals surface area contributed by atoms with Crippen molar-refractivity contribution >= 4 is 5.69 Å². The summed E-state index contributed by atoms with van der Waals surface area (Å²) in [5.41, 5.74) is 4.20. The second kappa shape index (κ2) is 9.07. The number of aromatic nitrogens is 2. The number of benzene rings is 2. The van der Waals surface area contributed by atoms with Crippen LogP contribution < -0.4 is 14.8 Å². The number of hydrogen-bond acceptors (Lipinski definition) is 6. The van der Waals surface area contributed by atoms with Gasteiger partial charge in [0.1, 0.15) is 6.33 Å². The molecule has 5 rings (SSSR count). The van der Waals surface area contributed by atoms with Gasteiger partial charge in [0, 0.05) is 48.8 Å². The molecule has 0 saturated carbocycles. The summed E-state index contributed by atoms with van der Waals surface area (Å²) < 4.78 is 10.9. The molecule has 156 valence electrons. The number of nitrogens with zero attached hydrogens (tertiary/aromatic N) is 3. The summed E-state index contributed by atoms with van der Waals surface area (Å²) in [4.78, 5) is 10.5. The van der Waals surface area contributed by atoms with Crippen LogP contribution in [0.1, 0.15) is 29.5 Å². The Kier molecular flexibility index (Phi) is 5.68. The molecule has 0 amide bonds. The number of hydrogen-bond donors (Lipinski definition) is 1. The van der Waals surface area contributed by atoms with E-state index in [-0.39, 0.29) is 0 Å². The average molecular weight is 412 g/mol. The Morgan fingerprint density at radius 1 is 0.968 bits per heavy atom. The molecule has 0 spiro atoms. The summed E-state index contributed by atoms with van der Waals surface area (Å²) in [6.45, 7) is 3.39. The minimum atomic E-state index is 0.307. The number of likely N-dealkylation sites (tertiary alicyclic amines) is 1. The molecule has 3 heterocycles. The Balaban J connectivity index is 1.17. The normalized spacial score (nSPS) is 17.6. The molecule has 3 aromatic rings. The number of fused-ring (bicyclic) bond motifs is 1. The second-order valence-electron chi connectivity index (χ2n) is 7.86. The summed E-state index contributed by atoms with van der Waals surface area (Å²) in [5.74, 6) is 7.91. The Bertz CT molecular complexity index is 1090. The van der Waals surface area contributed by atoms with E-state index in [1.54, 1.807) is 12.4 Å². The van der Waals surface area contributed by atoms with Crippen LogP contribution in [0.3, 0.4) is 0 Å². The van der Waals surface area contributed by atoms with E-state index in [1.807, 2.05) is 12.1 Å². The lowest BCUT2D eigenvalue weighted by Crippen LogP contribution is -2.41. The van der Waals surface area contributed by atoms with Crippen LogP contribution in [-0.2, 0) is 6.54 Å². The highest BCUT2D eigenvalue weighted by Crippen LogP contribution is 2.34. The molecule has 6 nitrogen and oxygen atoms in total. The molecule has 1 atom stereocenters. The highest BCUT2D eigenvalue weighted by atomic mass is 16.7. The number of ether oxygens (including phenoxy) is 2. The van der Waals surface area contributed by atoms with Gasteiger partial charge in [-0.2, -0.15) is 0 Å². The van der Waals surface area contributed by atoms with E-state index in [0.717, 1.165) is 47.9 Å². The molecule has 6 heteroatoms. The number of nitrogens with one attached hydrogen (secondary N) is 1. The van der Waals surface area contributed by atoms with Crippen molar-refractivity contribution < 1.29 is 9.47 Å². The molecule has 2 aromatic carbocycles. The Morgan fingerprint density at radius 2 is 1.77 bits per heavy atom. The van der Waals surface area contributed by atoms with Gasteiger partial charge in [0.15, 0.2) is 11.5 Å². The van der Waals surface area contributed by atoms with E-state index in [4.69, 9.17) is 9.47 Å². The minimum Gasteiger partial charge on any atom is -0.454 e. The zero-order valence-corrected chi connectivity index (χ0v) is 17.3. The van der Waals surface area contributed by atoms with E-state index in [1.165, 1.54) is 24.7 Å². The Morgan fingerprint density at radius 3 is 2.65 bits per heavy atom. The lowest BCUT2D eigenvalue weighted by Gasteiger charge is -2.33. The number of piperidine rings is 1. The maximum Gasteiger partial charge on any atom is 0.231 e. The molecule has 2 aliphatic heterocycles. The van der Waals surface area contributed by atoms with Gasteiger partial charge in [0.2, 0.25) is 6.79 Å². The van der Waals surface area contributed by atoms with Gasteiger partial charge in [0.25, 0.3) is 0 Å². The molecule has 2 aliphatic rings. The topological polar surface area (TPSA) is 59.5 Å². The fourth-order valence-corrected chi connectivity index (χ4v) is 4.00. The maximum absolute atomic E-state index is 5.49. The van der Waals surface area contributed by atoms with Crippen molar-refractivity contribution in [3.8, 4) is 23.3 Å². The SMILES string of the molecule is C(#Cc1cncnc1)c1ccc(CN2CCCC(Nc3ccc4c(c3)OCO4)C2)cc1. The van der Waals surface area contributed by atoms with Crippen molar-refractivity contribution in [3.63, 3.8) is 0 Å². The van der Waals surface area contributed by atoms with Crippen LogP contribution in [0.4, 0.5) is 5.69 Å². The largest absolute Gasteiger partial charge is 0.454 e. The monoisotopic (exact) mass is 412 g/mol. The van der Waals surface area contributed by atoms with Gasteiger partial charge in [-0.05, 0) is 49.2 Å². The molecule has 1 fully saturated rings. The predicted molar refractivity (Wildman–Crippen MR) is 119 cm³/mol. The fourth-order valence-electron chi connectivity index (χ4n) is 4.00. The molecule has 0 bridgehead atoms. The molecular weight excluding hydrogens is 388 g/mol. The van der Waals surface area contributed by atoms with Gasteiger partial charge in [-0.3, -0.25) is 4.90 Å². The second-order valence-corrected chi connectivity index (χ2v) is 7.86. The van der Waals surface area contributed by atoms with Crippen LogP contribution in [-0.4, -0.2) is 40.8 Å². The predicted octanol–water partition coefficient (Wildman–Crippen LogP) is 3.68. The van der Waals surface area contributed by atoms with Crippen molar-refractivity contribution in [3.05, 3.63) is 77.9 Å². The van der Waals surface area contributed by atoms with Crippen molar-refractivity contribution in [1.29, 1.82) is 0 Å². The third kappa shape index (κ3) is 4.96. The summed E-state index contributed by atoms with van der Waals surface area (Å²) in [6, 6.07) is 15.0. The number of rotatable bonds is 4. The van der Waals surface area contributed by atoms with Crippen LogP contribution in [0.15, 0.2) is 61.2 Å². The first kappa shape index (κ1) is 19.4.